The Balaban J connectivity index is 4.68. The van der Waals surface area contributed by atoms with Crippen molar-refractivity contribution in [2.45, 2.75) is 181 Å². The Hall–Kier alpha value is -5.75. The number of hydrogen-bond donors (Lipinski definition) is 0. The maximum atomic E-state index is 12.8. The lowest BCUT2D eigenvalue weighted by Crippen LogP contribution is -2.30. The first-order valence-corrected chi connectivity index (χ1v) is 26.9. The lowest BCUT2D eigenvalue weighted by atomic mass is 10.2. The number of allylic oxidation sites excluding steroid dienone is 31. The molecule has 0 heterocycles. The van der Waals surface area contributed by atoms with E-state index in [0.717, 1.165) is 116 Å². The molecule has 0 aliphatic rings. The van der Waals surface area contributed by atoms with Crippen LogP contribution in [0.15, 0.2) is 194 Å². The number of esters is 3. The first-order valence-electron chi connectivity index (χ1n) is 26.9. The molecule has 71 heavy (non-hydrogen) atoms. The molecular formula is C65H94O6. The zero-order valence-electron chi connectivity index (χ0n) is 44.4. The van der Waals surface area contributed by atoms with Crippen molar-refractivity contribution >= 4 is 17.9 Å². The topological polar surface area (TPSA) is 78.9 Å². The van der Waals surface area contributed by atoms with Crippen LogP contribution < -0.4 is 0 Å². The highest BCUT2D eigenvalue weighted by atomic mass is 16.6. The minimum absolute atomic E-state index is 0.0636. The van der Waals surface area contributed by atoms with Crippen molar-refractivity contribution in [2.24, 2.45) is 0 Å². The Morgan fingerprint density at radius 2 is 0.549 bits per heavy atom. The minimum Gasteiger partial charge on any atom is -0.462 e. The SMILES string of the molecule is CC/C=C\C/C=C\C/C=C\C/C=C\C/C=C\C/C=C\C/C=C\CCCC(=O)OCC(COC(=O)CCCC/C=C\C/C=C\C/C=C\C/C=C\CC)OC(=O)C/C=C\C/C=C\C/C=C\C/C=C\C/C=C\CC. The van der Waals surface area contributed by atoms with Gasteiger partial charge in [0.1, 0.15) is 13.2 Å². The quantitative estimate of drug-likeness (QED) is 0.0262. The summed E-state index contributed by atoms with van der Waals surface area (Å²) in [6.45, 7) is 6.08. The van der Waals surface area contributed by atoms with Crippen LogP contribution in [0.3, 0.4) is 0 Å². The second kappa shape index (κ2) is 56.8. The minimum atomic E-state index is -0.885. The summed E-state index contributed by atoms with van der Waals surface area (Å²) in [5, 5.41) is 0. The van der Waals surface area contributed by atoms with E-state index in [2.05, 4.69) is 203 Å². The lowest BCUT2D eigenvalue weighted by Gasteiger charge is -2.18. The van der Waals surface area contributed by atoms with Crippen molar-refractivity contribution in [3.05, 3.63) is 194 Å². The third kappa shape index (κ3) is 55.1. The zero-order valence-corrected chi connectivity index (χ0v) is 44.4. The molecule has 0 aliphatic heterocycles. The average molecular weight is 971 g/mol. The van der Waals surface area contributed by atoms with Gasteiger partial charge in [0.25, 0.3) is 0 Å². The van der Waals surface area contributed by atoms with E-state index in [1.807, 2.05) is 6.08 Å². The summed E-state index contributed by atoms with van der Waals surface area (Å²) < 4.78 is 16.6. The number of carbonyl (C=O) groups excluding carboxylic acids is 3. The molecule has 0 spiro atoms. The fourth-order valence-corrected chi connectivity index (χ4v) is 6.20. The van der Waals surface area contributed by atoms with E-state index in [4.69, 9.17) is 14.2 Å². The summed E-state index contributed by atoms with van der Waals surface area (Å²) in [6.07, 6.45) is 87.4. The van der Waals surface area contributed by atoms with Crippen LogP contribution in [0.4, 0.5) is 0 Å². The van der Waals surface area contributed by atoms with Crippen LogP contribution in [0.1, 0.15) is 175 Å². The molecule has 0 saturated carbocycles. The van der Waals surface area contributed by atoms with Gasteiger partial charge in [-0.05, 0) is 135 Å². The average Bonchev–Trinajstić information content (AvgIpc) is 3.37. The van der Waals surface area contributed by atoms with E-state index in [1.54, 1.807) is 6.08 Å². The molecule has 0 saturated heterocycles. The fraction of sp³-hybridized carbons (Fsp3) is 0.462. The molecule has 390 valence electrons. The third-order valence-corrected chi connectivity index (χ3v) is 10.1. The van der Waals surface area contributed by atoms with Gasteiger partial charge in [0.05, 0.1) is 6.42 Å². The largest absolute Gasteiger partial charge is 0.462 e. The van der Waals surface area contributed by atoms with Crippen molar-refractivity contribution in [3.8, 4) is 0 Å². The Morgan fingerprint density at radius 3 is 0.859 bits per heavy atom. The maximum Gasteiger partial charge on any atom is 0.310 e. The van der Waals surface area contributed by atoms with Gasteiger partial charge < -0.3 is 14.2 Å². The van der Waals surface area contributed by atoms with Gasteiger partial charge in [0.2, 0.25) is 0 Å². The number of unbranched alkanes of at least 4 members (excludes halogenated alkanes) is 3. The molecule has 0 bridgehead atoms. The van der Waals surface area contributed by atoms with Crippen LogP contribution in [0.2, 0.25) is 0 Å². The Bertz CT molecular complexity index is 1780. The molecule has 0 radical (unpaired) electrons. The van der Waals surface area contributed by atoms with E-state index < -0.39 is 12.1 Å². The molecule has 1 unspecified atom stereocenters. The Morgan fingerprint density at radius 1 is 0.296 bits per heavy atom. The molecule has 6 nitrogen and oxygen atoms in total. The first-order chi connectivity index (χ1) is 35.0. The maximum absolute atomic E-state index is 12.8. The molecule has 0 aromatic rings. The Kier molecular flexibility index (Phi) is 52.2. The number of hydrogen-bond acceptors (Lipinski definition) is 6. The van der Waals surface area contributed by atoms with Crippen molar-refractivity contribution < 1.29 is 28.6 Å². The molecule has 0 aromatic carbocycles. The number of ether oxygens (including phenoxy) is 3. The normalized spacial score (nSPS) is 13.7. The van der Waals surface area contributed by atoms with Gasteiger partial charge in [-0.25, -0.2) is 0 Å². The van der Waals surface area contributed by atoms with Crippen LogP contribution >= 0.6 is 0 Å². The summed E-state index contributed by atoms with van der Waals surface area (Å²) in [6, 6.07) is 0. The number of rotatable bonds is 45. The van der Waals surface area contributed by atoms with Gasteiger partial charge in [-0.2, -0.15) is 0 Å². The summed E-state index contributed by atoms with van der Waals surface area (Å²) in [4.78, 5) is 38.0. The summed E-state index contributed by atoms with van der Waals surface area (Å²) in [5.41, 5.74) is 0. The highest BCUT2D eigenvalue weighted by molar-refractivity contribution is 5.72. The van der Waals surface area contributed by atoms with Crippen LogP contribution in [0.5, 0.6) is 0 Å². The molecular weight excluding hydrogens is 877 g/mol. The highest BCUT2D eigenvalue weighted by Crippen LogP contribution is 2.08. The van der Waals surface area contributed by atoms with Gasteiger partial charge in [-0.15, -0.1) is 0 Å². The van der Waals surface area contributed by atoms with Gasteiger partial charge in [0, 0.05) is 12.8 Å². The number of carbonyl (C=O) groups is 3. The van der Waals surface area contributed by atoms with Crippen LogP contribution in [0, 0.1) is 0 Å². The fourth-order valence-electron chi connectivity index (χ4n) is 6.20. The molecule has 1 atom stereocenters. The van der Waals surface area contributed by atoms with E-state index in [-0.39, 0.29) is 44.4 Å². The predicted octanol–water partition coefficient (Wildman–Crippen LogP) is 18.3. The summed E-state index contributed by atoms with van der Waals surface area (Å²) in [7, 11) is 0. The molecule has 0 amide bonds. The third-order valence-electron chi connectivity index (χ3n) is 10.1. The zero-order chi connectivity index (χ0) is 51.4. The molecule has 0 aliphatic carbocycles. The van der Waals surface area contributed by atoms with Crippen molar-refractivity contribution in [2.75, 3.05) is 13.2 Å². The molecule has 6 heteroatoms. The van der Waals surface area contributed by atoms with E-state index in [1.165, 1.54) is 0 Å². The monoisotopic (exact) mass is 971 g/mol. The summed E-state index contributed by atoms with van der Waals surface area (Å²) >= 11 is 0. The molecule has 0 N–H and O–H groups in total. The van der Waals surface area contributed by atoms with Crippen molar-refractivity contribution in [3.63, 3.8) is 0 Å². The van der Waals surface area contributed by atoms with E-state index in [9.17, 15) is 14.4 Å². The van der Waals surface area contributed by atoms with Gasteiger partial charge >= 0.3 is 17.9 Å². The molecule has 0 rings (SSSR count). The lowest BCUT2D eigenvalue weighted by molar-refractivity contribution is -0.166. The molecule has 0 fully saturated rings. The first kappa shape index (κ1) is 65.2. The van der Waals surface area contributed by atoms with Gasteiger partial charge in [0.15, 0.2) is 6.10 Å². The smallest absolute Gasteiger partial charge is 0.310 e. The van der Waals surface area contributed by atoms with Crippen LogP contribution in [-0.4, -0.2) is 37.2 Å². The van der Waals surface area contributed by atoms with Gasteiger partial charge in [-0.1, -0.05) is 215 Å². The predicted molar refractivity (Wildman–Crippen MR) is 306 cm³/mol. The highest BCUT2D eigenvalue weighted by Gasteiger charge is 2.19. The van der Waals surface area contributed by atoms with Crippen LogP contribution in [0.25, 0.3) is 0 Å². The van der Waals surface area contributed by atoms with Crippen molar-refractivity contribution in [1.82, 2.24) is 0 Å². The Labute approximate surface area is 433 Å². The van der Waals surface area contributed by atoms with Crippen molar-refractivity contribution in [1.29, 1.82) is 0 Å². The molecule has 0 aromatic heterocycles. The summed E-state index contributed by atoms with van der Waals surface area (Å²) in [5.74, 6) is -1.22. The second-order valence-electron chi connectivity index (χ2n) is 16.7. The van der Waals surface area contributed by atoms with E-state index in [0.29, 0.717) is 19.3 Å². The van der Waals surface area contributed by atoms with Gasteiger partial charge in [-0.3, -0.25) is 14.4 Å². The van der Waals surface area contributed by atoms with E-state index >= 15 is 0 Å². The second-order valence-corrected chi connectivity index (χ2v) is 16.7. The standard InChI is InChI=1S/C65H94O6/c1-4-7-10-13-16-19-22-25-28-29-30-31-32-33-34-35-38-40-43-46-49-52-55-58-64(67)70-61-62(71-65(68)59-56-53-50-47-44-41-37-27-24-21-18-15-12-9-6-3)60-69-63(66)57-54-51-48-45-42-39-36-26-23-20-17-14-11-8-5-2/h7-12,16-21,25-28,30-31,33-34,36-38,40,42,44-47,49,53,56,62H,4-6,13-15,22-24,29,32,35,39,41,43,48,50-52,54-55,57-61H2,1-3H3/b10-7-,11-8-,12-9-,19-16-,20-17-,21-18-,28-25-,31-30-,34-33-,36-26-,37-27-,40-38-,45-42-,47-44-,49-46-,56-53-. The van der Waals surface area contributed by atoms with Crippen LogP contribution in [-0.2, 0) is 28.6 Å².